The molecule has 7 heteroatoms. The van der Waals surface area contributed by atoms with Crippen LogP contribution in [0.5, 0.6) is 0 Å². The molecule has 3 aliphatic rings. The molecule has 1 aromatic carbocycles. The fraction of sp³-hybridized carbons (Fsp3) is 0.500. The van der Waals surface area contributed by atoms with Crippen LogP contribution in [0.15, 0.2) is 35.4 Å². The lowest BCUT2D eigenvalue weighted by molar-refractivity contribution is 0.188. The third kappa shape index (κ3) is 4.75. The van der Waals surface area contributed by atoms with Crippen molar-refractivity contribution in [1.82, 2.24) is 4.90 Å². The molecule has 0 amide bonds. The van der Waals surface area contributed by atoms with E-state index >= 15 is 0 Å². The summed E-state index contributed by atoms with van der Waals surface area (Å²) in [6.45, 7) is 7.31. The molecule has 0 unspecified atom stereocenters. The summed E-state index contributed by atoms with van der Waals surface area (Å²) in [5.41, 5.74) is 4.74. The Morgan fingerprint density at radius 2 is 2.06 bits per heavy atom. The quantitative estimate of drug-likeness (QED) is 0.625. The number of sulfone groups is 1. The van der Waals surface area contributed by atoms with E-state index in [0.717, 1.165) is 59.4 Å². The lowest BCUT2D eigenvalue weighted by atomic mass is 9.88. The minimum Gasteiger partial charge on any atom is -0.350 e. The van der Waals surface area contributed by atoms with Crippen LogP contribution in [-0.2, 0) is 35.6 Å². The Hall–Kier alpha value is -2.14. The number of hydrogen-bond acceptors (Lipinski definition) is 6. The van der Waals surface area contributed by atoms with Crippen LogP contribution in [0.3, 0.4) is 0 Å². The SMILES string of the molecule is C=C(Cc1ccc2c(c1)CCS2(=O)=O)Nc1sc2c(c1C#N)CN(CC1CCCCC1)CC2. The average molecular weight is 482 g/mol. The van der Waals surface area contributed by atoms with E-state index in [1.54, 1.807) is 17.4 Å². The van der Waals surface area contributed by atoms with Crippen LogP contribution in [0.4, 0.5) is 5.00 Å². The van der Waals surface area contributed by atoms with Gasteiger partial charge >= 0.3 is 0 Å². The first-order chi connectivity index (χ1) is 15.9. The Morgan fingerprint density at radius 1 is 1.24 bits per heavy atom. The predicted molar refractivity (Wildman–Crippen MR) is 133 cm³/mol. The van der Waals surface area contributed by atoms with Gasteiger partial charge in [-0.3, -0.25) is 4.90 Å². The highest BCUT2D eigenvalue weighted by Gasteiger charge is 2.28. The maximum absolute atomic E-state index is 12.1. The van der Waals surface area contributed by atoms with E-state index in [1.165, 1.54) is 42.5 Å². The molecule has 2 aliphatic heterocycles. The van der Waals surface area contributed by atoms with Gasteiger partial charge < -0.3 is 5.32 Å². The van der Waals surface area contributed by atoms with Crippen LogP contribution in [-0.4, -0.2) is 32.2 Å². The number of benzene rings is 1. The maximum Gasteiger partial charge on any atom is 0.178 e. The Balaban J connectivity index is 1.26. The molecule has 5 nitrogen and oxygen atoms in total. The summed E-state index contributed by atoms with van der Waals surface area (Å²) < 4.78 is 24.1. The number of thiophene rings is 1. The van der Waals surface area contributed by atoms with Crippen molar-refractivity contribution >= 4 is 26.2 Å². The second-order valence-electron chi connectivity index (χ2n) is 9.73. The average Bonchev–Trinajstić information content (AvgIpc) is 3.29. The van der Waals surface area contributed by atoms with Crippen molar-refractivity contribution < 1.29 is 8.42 Å². The second-order valence-corrected chi connectivity index (χ2v) is 12.9. The predicted octanol–water partition coefficient (Wildman–Crippen LogP) is 5.06. The van der Waals surface area contributed by atoms with Gasteiger partial charge in [-0.2, -0.15) is 5.26 Å². The molecule has 1 aromatic heterocycles. The van der Waals surface area contributed by atoms with Gasteiger partial charge in [0, 0.05) is 42.2 Å². The highest BCUT2D eigenvalue weighted by atomic mass is 32.2. The molecular weight excluding hydrogens is 450 g/mol. The van der Waals surface area contributed by atoms with E-state index in [2.05, 4.69) is 22.9 Å². The number of fused-ring (bicyclic) bond motifs is 2. The summed E-state index contributed by atoms with van der Waals surface area (Å²) in [5.74, 6) is 1.01. The summed E-state index contributed by atoms with van der Waals surface area (Å²) in [6.07, 6.45) is 9.00. The minimum absolute atomic E-state index is 0.203. The largest absolute Gasteiger partial charge is 0.350 e. The first-order valence-corrected chi connectivity index (χ1v) is 14.5. The number of rotatable bonds is 6. The Labute approximate surface area is 201 Å². The van der Waals surface area contributed by atoms with Crippen molar-refractivity contribution in [3.63, 3.8) is 0 Å². The van der Waals surface area contributed by atoms with E-state index in [0.29, 0.717) is 17.7 Å². The Morgan fingerprint density at radius 3 is 2.85 bits per heavy atom. The fourth-order valence-corrected chi connectivity index (χ4v) is 8.33. The van der Waals surface area contributed by atoms with Crippen molar-refractivity contribution in [1.29, 1.82) is 5.26 Å². The van der Waals surface area contributed by atoms with E-state index in [-0.39, 0.29) is 5.75 Å². The number of nitrogens with zero attached hydrogens (tertiary/aromatic N) is 2. The number of nitriles is 1. The first kappa shape index (κ1) is 22.6. The normalized spacial score (nSPS) is 20.1. The van der Waals surface area contributed by atoms with Crippen molar-refractivity contribution in [3.05, 3.63) is 57.6 Å². The van der Waals surface area contributed by atoms with E-state index < -0.39 is 9.84 Å². The van der Waals surface area contributed by atoms with Crippen LogP contribution in [0.1, 0.15) is 59.2 Å². The third-order valence-corrected chi connectivity index (χ3v) is 10.3. The maximum atomic E-state index is 12.1. The zero-order chi connectivity index (χ0) is 23.0. The molecule has 5 rings (SSSR count). The van der Waals surface area contributed by atoms with E-state index in [4.69, 9.17) is 0 Å². The van der Waals surface area contributed by atoms with Gasteiger partial charge in [-0.05, 0) is 48.8 Å². The van der Waals surface area contributed by atoms with Gasteiger partial charge in [0.1, 0.15) is 11.1 Å². The number of nitrogens with one attached hydrogen (secondary N) is 1. The first-order valence-electron chi connectivity index (χ1n) is 12.0. The van der Waals surface area contributed by atoms with Crippen molar-refractivity contribution in [2.75, 3.05) is 24.2 Å². The number of allylic oxidation sites excluding steroid dienone is 1. The lowest BCUT2D eigenvalue weighted by Crippen LogP contribution is -2.34. The molecule has 1 aliphatic carbocycles. The fourth-order valence-electron chi connectivity index (χ4n) is 5.59. The zero-order valence-electron chi connectivity index (χ0n) is 19.0. The molecule has 0 spiro atoms. The van der Waals surface area contributed by atoms with Crippen LogP contribution >= 0.6 is 11.3 Å². The smallest absolute Gasteiger partial charge is 0.178 e. The molecule has 0 bridgehead atoms. The standard InChI is InChI=1S/C26H31N3O2S2/c1-18(13-20-7-8-25-21(14-20)10-12-33(25,30)31)28-26-22(15-27)23-17-29(11-9-24(23)32-26)16-19-5-3-2-4-6-19/h7-8,14,19,28H,1-6,9-13,16-17H2. The van der Waals surface area contributed by atoms with Crippen LogP contribution in [0, 0.1) is 17.2 Å². The van der Waals surface area contributed by atoms with E-state index in [1.807, 2.05) is 12.1 Å². The molecule has 0 saturated heterocycles. The molecular formula is C26H31N3O2S2. The highest BCUT2D eigenvalue weighted by molar-refractivity contribution is 7.91. The minimum atomic E-state index is -3.10. The summed E-state index contributed by atoms with van der Waals surface area (Å²) in [6, 6.07) is 8.05. The monoisotopic (exact) mass is 481 g/mol. The van der Waals surface area contributed by atoms with Gasteiger partial charge in [0.2, 0.25) is 0 Å². The number of anilines is 1. The van der Waals surface area contributed by atoms with E-state index in [9.17, 15) is 13.7 Å². The lowest BCUT2D eigenvalue weighted by Gasteiger charge is -2.32. The summed E-state index contributed by atoms with van der Waals surface area (Å²) in [5, 5.41) is 14.3. The molecule has 174 valence electrons. The Bertz CT molecular complexity index is 1220. The summed E-state index contributed by atoms with van der Waals surface area (Å²) >= 11 is 1.69. The topological polar surface area (TPSA) is 73.2 Å². The molecule has 33 heavy (non-hydrogen) atoms. The number of aryl methyl sites for hydroxylation is 1. The highest BCUT2D eigenvalue weighted by Crippen LogP contribution is 2.38. The van der Waals surface area contributed by atoms with Crippen molar-refractivity contribution in [3.8, 4) is 6.07 Å². The summed E-state index contributed by atoms with van der Waals surface area (Å²) in [7, 11) is -3.10. The van der Waals surface area contributed by atoms with Crippen LogP contribution < -0.4 is 5.32 Å². The molecule has 3 heterocycles. The molecule has 1 N–H and O–H groups in total. The molecule has 1 fully saturated rings. The molecule has 0 atom stereocenters. The Kier molecular flexibility index (Phi) is 6.34. The van der Waals surface area contributed by atoms with Crippen molar-refractivity contribution in [2.45, 2.75) is 62.8 Å². The van der Waals surface area contributed by atoms with Crippen molar-refractivity contribution in [2.24, 2.45) is 5.92 Å². The van der Waals surface area contributed by atoms with Gasteiger partial charge in [0.15, 0.2) is 9.84 Å². The zero-order valence-corrected chi connectivity index (χ0v) is 20.7. The van der Waals surface area contributed by atoms with Gasteiger partial charge in [0.25, 0.3) is 0 Å². The second kappa shape index (κ2) is 9.25. The van der Waals surface area contributed by atoms with Gasteiger partial charge in [-0.1, -0.05) is 38.0 Å². The summed E-state index contributed by atoms with van der Waals surface area (Å²) in [4.78, 5) is 4.34. The molecule has 0 radical (unpaired) electrons. The number of hydrogen-bond donors (Lipinski definition) is 1. The third-order valence-electron chi connectivity index (χ3n) is 7.29. The molecule has 2 aromatic rings. The van der Waals surface area contributed by atoms with Crippen LogP contribution in [0.2, 0.25) is 0 Å². The van der Waals surface area contributed by atoms with Gasteiger partial charge in [-0.25, -0.2) is 8.42 Å². The van der Waals surface area contributed by atoms with Crippen LogP contribution in [0.25, 0.3) is 0 Å². The molecule has 1 saturated carbocycles. The van der Waals surface area contributed by atoms with Gasteiger partial charge in [-0.15, -0.1) is 11.3 Å². The van der Waals surface area contributed by atoms with Gasteiger partial charge in [0.05, 0.1) is 16.2 Å².